The van der Waals surface area contributed by atoms with Crippen LogP contribution < -0.4 is 10.6 Å². The lowest BCUT2D eigenvalue weighted by atomic mass is 10.2. The van der Waals surface area contributed by atoms with Crippen LogP contribution in [-0.4, -0.2) is 30.6 Å². The van der Waals surface area contributed by atoms with Crippen molar-refractivity contribution < 1.29 is 14.3 Å². The molecule has 16 heavy (non-hydrogen) atoms. The van der Waals surface area contributed by atoms with Crippen LogP contribution in [0.1, 0.15) is 17.3 Å². The zero-order valence-corrected chi connectivity index (χ0v) is 9.09. The summed E-state index contributed by atoms with van der Waals surface area (Å²) in [6, 6.07) is 3.31. The lowest BCUT2D eigenvalue weighted by Crippen LogP contribution is -2.31. The third-order valence-corrected chi connectivity index (χ3v) is 2.04. The third kappa shape index (κ3) is 3.51. The zero-order valence-electron chi connectivity index (χ0n) is 9.09. The van der Waals surface area contributed by atoms with Crippen LogP contribution >= 0.6 is 0 Å². The first-order chi connectivity index (χ1) is 7.65. The number of likely N-dealkylation sites (N-methyl/N-ethyl adjacent to an activating group) is 1. The molecule has 0 heterocycles. The molecule has 0 unspecified atom stereocenters. The molecular formula is C11H15FN2O2. The summed E-state index contributed by atoms with van der Waals surface area (Å²) in [4.78, 5) is 11.5. The number of hydrogen-bond donors (Lipinski definition) is 3. The summed E-state index contributed by atoms with van der Waals surface area (Å²) in [6.45, 7) is 3.92. The van der Waals surface area contributed by atoms with Gasteiger partial charge in [-0.1, -0.05) is 6.92 Å². The molecule has 0 fully saturated rings. The van der Waals surface area contributed by atoms with Crippen molar-refractivity contribution in [2.24, 2.45) is 0 Å². The summed E-state index contributed by atoms with van der Waals surface area (Å²) in [5.41, 5.74) is 0.0814. The van der Waals surface area contributed by atoms with Crippen LogP contribution in [0.3, 0.4) is 0 Å². The highest BCUT2D eigenvalue weighted by Gasteiger charge is 2.10. The Morgan fingerprint density at radius 1 is 1.44 bits per heavy atom. The number of carbonyl (C=O) groups excluding carboxylic acids is 1. The number of benzene rings is 1. The van der Waals surface area contributed by atoms with Gasteiger partial charge in [-0.05, 0) is 18.7 Å². The number of phenolic OH excluding ortho intramolecular Hbond substituents is 1. The number of aromatic hydroxyl groups is 1. The van der Waals surface area contributed by atoms with Crippen molar-refractivity contribution in [3.05, 3.63) is 29.6 Å². The molecule has 1 rings (SSSR count). The molecule has 0 aliphatic rings. The van der Waals surface area contributed by atoms with Crippen molar-refractivity contribution in [3.63, 3.8) is 0 Å². The van der Waals surface area contributed by atoms with Gasteiger partial charge >= 0.3 is 0 Å². The van der Waals surface area contributed by atoms with Crippen molar-refractivity contribution >= 4 is 5.91 Å². The summed E-state index contributed by atoms with van der Waals surface area (Å²) in [7, 11) is 0. The molecule has 0 bridgehead atoms. The second-order valence-electron chi connectivity index (χ2n) is 3.27. The highest BCUT2D eigenvalue weighted by atomic mass is 19.1. The molecule has 0 aromatic heterocycles. The van der Waals surface area contributed by atoms with E-state index >= 15 is 0 Å². The Bertz CT molecular complexity index is 369. The van der Waals surface area contributed by atoms with Crippen LogP contribution in [0.5, 0.6) is 5.75 Å². The molecule has 0 aliphatic heterocycles. The lowest BCUT2D eigenvalue weighted by molar-refractivity contribution is 0.0951. The second kappa shape index (κ2) is 6.07. The van der Waals surface area contributed by atoms with E-state index in [0.717, 1.165) is 18.7 Å². The Hall–Kier alpha value is -1.62. The molecule has 0 saturated heterocycles. The van der Waals surface area contributed by atoms with Gasteiger partial charge in [0.2, 0.25) is 0 Å². The van der Waals surface area contributed by atoms with Gasteiger partial charge in [-0.2, -0.15) is 0 Å². The number of rotatable bonds is 5. The van der Waals surface area contributed by atoms with E-state index in [1.54, 1.807) is 0 Å². The largest absolute Gasteiger partial charge is 0.507 e. The first-order valence-corrected chi connectivity index (χ1v) is 5.12. The van der Waals surface area contributed by atoms with E-state index in [0.29, 0.717) is 13.1 Å². The molecule has 1 amide bonds. The summed E-state index contributed by atoms with van der Waals surface area (Å²) in [6.07, 6.45) is 0. The molecule has 4 nitrogen and oxygen atoms in total. The van der Waals surface area contributed by atoms with Crippen molar-refractivity contribution in [2.75, 3.05) is 19.6 Å². The molecular weight excluding hydrogens is 211 g/mol. The fourth-order valence-electron chi connectivity index (χ4n) is 1.23. The summed E-state index contributed by atoms with van der Waals surface area (Å²) in [5.74, 6) is -1.32. The predicted molar refractivity (Wildman–Crippen MR) is 58.9 cm³/mol. The minimum absolute atomic E-state index is 0.0814. The Labute approximate surface area is 93.5 Å². The van der Waals surface area contributed by atoms with Crippen LogP contribution in [0.4, 0.5) is 4.39 Å². The standard InChI is InChI=1S/C11H15FN2O2/c1-2-13-5-6-14-11(16)9-4-3-8(12)7-10(9)15/h3-4,7,13,15H,2,5-6H2,1H3,(H,14,16). The normalized spacial score (nSPS) is 10.1. The van der Waals surface area contributed by atoms with Crippen molar-refractivity contribution in [1.29, 1.82) is 0 Å². The topological polar surface area (TPSA) is 61.4 Å². The van der Waals surface area contributed by atoms with Gasteiger partial charge in [0.05, 0.1) is 5.56 Å². The van der Waals surface area contributed by atoms with E-state index in [2.05, 4.69) is 10.6 Å². The quantitative estimate of drug-likeness (QED) is 0.653. The number of amides is 1. The van der Waals surface area contributed by atoms with Gasteiger partial charge < -0.3 is 15.7 Å². The molecule has 1 aromatic carbocycles. The zero-order chi connectivity index (χ0) is 12.0. The van der Waals surface area contributed by atoms with Crippen LogP contribution in [0.2, 0.25) is 0 Å². The Kier molecular flexibility index (Phi) is 4.72. The van der Waals surface area contributed by atoms with Crippen LogP contribution in [0, 0.1) is 5.82 Å². The summed E-state index contributed by atoms with van der Waals surface area (Å²) in [5, 5.41) is 15.0. The molecule has 1 aromatic rings. The number of nitrogens with one attached hydrogen (secondary N) is 2. The number of halogens is 1. The molecule has 0 atom stereocenters. The minimum atomic E-state index is -0.568. The van der Waals surface area contributed by atoms with E-state index < -0.39 is 11.7 Å². The van der Waals surface area contributed by atoms with Crippen molar-refractivity contribution in [3.8, 4) is 5.75 Å². The average Bonchev–Trinajstić information content (AvgIpc) is 2.24. The maximum atomic E-state index is 12.7. The van der Waals surface area contributed by atoms with Gasteiger partial charge in [-0.25, -0.2) is 4.39 Å². The summed E-state index contributed by atoms with van der Waals surface area (Å²) >= 11 is 0. The Balaban J connectivity index is 2.53. The van der Waals surface area contributed by atoms with Gasteiger partial charge in [-0.3, -0.25) is 4.79 Å². The van der Waals surface area contributed by atoms with Gasteiger partial charge in [-0.15, -0.1) is 0 Å². The molecule has 3 N–H and O–H groups in total. The Morgan fingerprint density at radius 3 is 2.81 bits per heavy atom. The average molecular weight is 226 g/mol. The van der Waals surface area contributed by atoms with Gasteiger partial charge in [0.25, 0.3) is 5.91 Å². The monoisotopic (exact) mass is 226 g/mol. The highest BCUT2D eigenvalue weighted by Crippen LogP contribution is 2.17. The van der Waals surface area contributed by atoms with E-state index in [4.69, 9.17) is 0 Å². The first kappa shape index (κ1) is 12.4. The Morgan fingerprint density at radius 2 is 2.19 bits per heavy atom. The van der Waals surface area contributed by atoms with E-state index in [1.165, 1.54) is 6.07 Å². The van der Waals surface area contributed by atoms with E-state index in [-0.39, 0.29) is 11.3 Å². The lowest BCUT2D eigenvalue weighted by Gasteiger charge is -2.06. The third-order valence-electron chi connectivity index (χ3n) is 2.04. The molecule has 0 radical (unpaired) electrons. The van der Waals surface area contributed by atoms with Crippen molar-refractivity contribution in [2.45, 2.75) is 6.92 Å². The molecule has 0 saturated carbocycles. The van der Waals surface area contributed by atoms with Gasteiger partial charge in [0, 0.05) is 19.2 Å². The smallest absolute Gasteiger partial charge is 0.255 e. The van der Waals surface area contributed by atoms with E-state index in [9.17, 15) is 14.3 Å². The molecule has 0 spiro atoms. The van der Waals surface area contributed by atoms with Crippen LogP contribution in [0.25, 0.3) is 0 Å². The SMILES string of the molecule is CCNCCNC(=O)c1ccc(F)cc1O. The van der Waals surface area contributed by atoms with E-state index in [1.807, 2.05) is 6.92 Å². The molecule has 88 valence electrons. The maximum Gasteiger partial charge on any atom is 0.255 e. The molecule has 0 aliphatic carbocycles. The maximum absolute atomic E-state index is 12.7. The number of hydrogen-bond acceptors (Lipinski definition) is 3. The fraction of sp³-hybridized carbons (Fsp3) is 0.364. The first-order valence-electron chi connectivity index (χ1n) is 5.12. The molecule has 5 heteroatoms. The van der Waals surface area contributed by atoms with Gasteiger partial charge in [0.15, 0.2) is 0 Å². The highest BCUT2D eigenvalue weighted by molar-refractivity contribution is 5.96. The van der Waals surface area contributed by atoms with Crippen LogP contribution in [-0.2, 0) is 0 Å². The van der Waals surface area contributed by atoms with Gasteiger partial charge in [0.1, 0.15) is 11.6 Å². The fourth-order valence-corrected chi connectivity index (χ4v) is 1.23. The predicted octanol–water partition coefficient (Wildman–Crippen LogP) is 0.871. The second-order valence-corrected chi connectivity index (χ2v) is 3.27. The van der Waals surface area contributed by atoms with Crippen LogP contribution in [0.15, 0.2) is 18.2 Å². The number of carbonyl (C=O) groups is 1. The van der Waals surface area contributed by atoms with Crippen molar-refractivity contribution in [1.82, 2.24) is 10.6 Å². The summed E-state index contributed by atoms with van der Waals surface area (Å²) < 4.78 is 12.7. The minimum Gasteiger partial charge on any atom is -0.507 e. The number of phenols is 1.